The average Bonchev–Trinajstić information content (AvgIpc) is 2.88. The fourth-order valence-electron chi connectivity index (χ4n) is 4.36. The number of ether oxygens (including phenoxy) is 2. The van der Waals surface area contributed by atoms with Crippen LogP contribution in [0.5, 0.6) is 0 Å². The number of benzene rings is 1. The predicted molar refractivity (Wildman–Crippen MR) is 82.0 cm³/mol. The van der Waals surface area contributed by atoms with Crippen LogP contribution in [0.2, 0.25) is 0 Å². The Balaban J connectivity index is 1.70. The second-order valence-electron chi connectivity index (χ2n) is 6.90. The second kappa shape index (κ2) is 5.83. The highest BCUT2D eigenvalue weighted by Crippen LogP contribution is 2.55. The van der Waals surface area contributed by atoms with Gasteiger partial charge < -0.3 is 14.6 Å². The van der Waals surface area contributed by atoms with Gasteiger partial charge in [0.05, 0.1) is 6.61 Å². The summed E-state index contributed by atoms with van der Waals surface area (Å²) in [5, 5.41) is 9.23. The van der Waals surface area contributed by atoms with Gasteiger partial charge in [-0.05, 0) is 30.7 Å². The van der Waals surface area contributed by atoms with Crippen LogP contribution in [0, 0.1) is 5.92 Å². The third-order valence-electron chi connectivity index (χ3n) is 5.70. The number of fused-ring (bicyclic) bond motifs is 3. The maximum Gasteiger partial charge on any atom is 0.230 e. The highest BCUT2D eigenvalue weighted by atomic mass is 17.3. The molecule has 3 saturated heterocycles. The average molecular weight is 320 g/mol. The lowest BCUT2D eigenvalue weighted by molar-refractivity contribution is -0.558. The zero-order valence-electron chi connectivity index (χ0n) is 13.5. The van der Waals surface area contributed by atoms with Gasteiger partial charge in [0.1, 0.15) is 0 Å². The van der Waals surface area contributed by atoms with Crippen molar-refractivity contribution < 1.29 is 24.4 Å². The molecule has 0 aromatic heterocycles. The van der Waals surface area contributed by atoms with E-state index in [9.17, 15) is 5.11 Å². The molecule has 4 atom stereocenters. The van der Waals surface area contributed by atoms with Crippen LogP contribution in [0.15, 0.2) is 24.3 Å². The summed E-state index contributed by atoms with van der Waals surface area (Å²) in [6.45, 7) is 0.0252. The van der Waals surface area contributed by atoms with Gasteiger partial charge in [-0.15, -0.1) is 0 Å². The van der Waals surface area contributed by atoms with Crippen molar-refractivity contribution in [3.63, 3.8) is 0 Å². The van der Waals surface area contributed by atoms with E-state index in [2.05, 4.69) is 0 Å². The van der Waals surface area contributed by atoms with Crippen molar-refractivity contribution in [1.82, 2.24) is 0 Å². The Morgan fingerprint density at radius 2 is 1.96 bits per heavy atom. The molecule has 3 aliphatic heterocycles. The van der Waals surface area contributed by atoms with Crippen molar-refractivity contribution in [2.75, 3.05) is 7.11 Å². The molecule has 4 fully saturated rings. The van der Waals surface area contributed by atoms with E-state index in [1.807, 2.05) is 24.3 Å². The molecule has 5 heteroatoms. The molecule has 2 bridgehead atoms. The van der Waals surface area contributed by atoms with Crippen molar-refractivity contribution >= 4 is 0 Å². The lowest BCUT2D eigenvalue weighted by Crippen LogP contribution is -2.59. The Kier molecular flexibility index (Phi) is 3.94. The van der Waals surface area contributed by atoms with Crippen LogP contribution in [0.25, 0.3) is 0 Å². The molecule has 23 heavy (non-hydrogen) atoms. The van der Waals surface area contributed by atoms with Crippen molar-refractivity contribution in [3.05, 3.63) is 35.4 Å². The van der Waals surface area contributed by atoms with Crippen LogP contribution in [0.1, 0.15) is 49.7 Å². The molecule has 126 valence electrons. The number of aliphatic hydroxyl groups is 1. The minimum absolute atomic E-state index is 0.0252. The molecule has 1 unspecified atom stereocenters. The van der Waals surface area contributed by atoms with E-state index >= 15 is 0 Å². The van der Waals surface area contributed by atoms with Gasteiger partial charge >= 0.3 is 0 Å². The first-order chi connectivity index (χ1) is 11.2. The van der Waals surface area contributed by atoms with Gasteiger partial charge in [0, 0.05) is 19.1 Å². The molecular formula is C18H24O5. The van der Waals surface area contributed by atoms with Crippen molar-refractivity contribution in [1.29, 1.82) is 0 Å². The van der Waals surface area contributed by atoms with Crippen LogP contribution in [-0.2, 0) is 31.6 Å². The van der Waals surface area contributed by atoms with Gasteiger partial charge in [0.2, 0.25) is 5.79 Å². The topological polar surface area (TPSA) is 57.2 Å². The second-order valence-corrected chi connectivity index (χ2v) is 6.90. The van der Waals surface area contributed by atoms with Crippen molar-refractivity contribution in [2.24, 2.45) is 5.92 Å². The fourth-order valence-corrected chi connectivity index (χ4v) is 4.36. The number of hydrogen-bond acceptors (Lipinski definition) is 5. The van der Waals surface area contributed by atoms with Gasteiger partial charge in [-0.1, -0.05) is 37.1 Å². The molecule has 1 aliphatic carbocycles. The normalized spacial score (nSPS) is 39.7. The molecule has 0 radical (unpaired) electrons. The molecule has 4 aliphatic rings. The number of methoxy groups -OCH3 is 1. The van der Waals surface area contributed by atoms with Crippen molar-refractivity contribution in [3.8, 4) is 0 Å². The maximum absolute atomic E-state index is 9.23. The molecular weight excluding hydrogens is 296 g/mol. The molecule has 5 nitrogen and oxygen atoms in total. The van der Waals surface area contributed by atoms with Gasteiger partial charge in [0.25, 0.3) is 0 Å². The zero-order chi connectivity index (χ0) is 15.9. The third-order valence-corrected chi connectivity index (χ3v) is 5.70. The predicted octanol–water partition coefficient (Wildman–Crippen LogP) is 3.01. The summed E-state index contributed by atoms with van der Waals surface area (Å²) in [6.07, 6.45) is 5.72. The highest BCUT2D eigenvalue weighted by Gasteiger charge is 2.61. The van der Waals surface area contributed by atoms with Crippen LogP contribution in [0.4, 0.5) is 0 Å². The van der Waals surface area contributed by atoms with E-state index in [1.54, 1.807) is 7.11 Å². The minimum atomic E-state index is -0.919. The quantitative estimate of drug-likeness (QED) is 0.868. The Morgan fingerprint density at radius 1 is 1.13 bits per heavy atom. The van der Waals surface area contributed by atoms with E-state index in [4.69, 9.17) is 19.2 Å². The van der Waals surface area contributed by atoms with Gasteiger partial charge in [-0.25, -0.2) is 4.89 Å². The lowest BCUT2D eigenvalue weighted by atomic mass is 9.73. The Hall–Kier alpha value is -0.980. The number of aliphatic hydroxyl groups excluding tert-OH is 1. The van der Waals surface area contributed by atoms with Crippen molar-refractivity contribution in [2.45, 2.75) is 62.8 Å². The lowest BCUT2D eigenvalue weighted by Gasteiger charge is -2.49. The summed E-state index contributed by atoms with van der Waals surface area (Å²) in [5.41, 5.74) is 1.30. The first-order valence-electron chi connectivity index (χ1n) is 8.50. The van der Waals surface area contributed by atoms with E-state index < -0.39 is 17.7 Å². The largest absolute Gasteiger partial charge is 0.392 e. The molecule has 1 spiro atoms. The first kappa shape index (κ1) is 15.5. The summed E-state index contributed by atoms with van der Waals surface area (Å²) in [4.78, 5) is 11.9. The molecule has 5 rings (SSSR count). The van der Waals surface area contributed by atoms with E-state index in [0.29, 0.717) is 5.92 Å². The minimum Gasteiger partial charge on any atom is -0.392 e. The van der Waals surface area contributed by atoms with Crippen LogP contribution in [0.3, 0.4) is 0 Å². The van der Waals surface area contributed by atoms with Gasteiger partial charge in [-0.2, -0.15) is 4.89 Å². The van der Waals surface area contributed by atoms with Crippen LogP contribution in [-0.4, -0.2) is 24.1 Å². The van der Waals surface area contributed by atoms with Crippen LogP contribution < -0.4 is 0 Å². The molecule has 1 aromatic rings. The maximum atomic E-state index is 9.23. The van der Waals surface area contributed by atoms with E-state index in [-0.39, 0.29) is 6.61 Å². The highest BCUT2D eigenvalue weighted by molar-refractivity contribution is 5.26. The fraction of sp³-hybridized carbons (Fsp3) is 0.667. The standard InChI is InChI=1S/C18H24O5/c1-20-16-17-10-3-2-4-14(17)9-11-18(21-16,23-22-17)15-7-5-13(12-19)6-8-15/h5-8,14,16,19H,2-4,9-12H2,1H3/t14-,16+,17+,18?/m1/s1. The number of hydrogen-bond donors (Lipinski definition) is 1. The summed E-state index contributed by atoms with van der Waals surface area (Å²) in [6, 6.07) is 7.66. The number of rotatable bonds is 3. The zero-order valence-corrected chi connectivity index (χ0v) is 13.5. The summed E-state index contributed by atoms with van der Waals surface area (Å²) in [7, 11) is 1.68. The third kappa shape index (κ3) is 2.34. The Morgan fingerprint density at radius 3 is 2.70 bits per heavy atom. The smallest absolute Gasteiger partial charge is 0.230 e. The van der Waals surface area contributed by atoms with Gasteiger partial charge in [0.15, 0.2) is 11.9 Å². The van der Waals surface area contributed by atoms with E-state index in [1.165, 1.54) is 6.42 Å². The molecule has 0 amide bonds. The molecule has 1 aromatic carbocycles. The Bertz CT molecular complexity index is 555. The first-order valence-corrected chi connectivity index (χ1v) is 8.50. The Labute approximate surface area is 136 Å². The molecule has 1 N–H and O–H groups in total. The molecule has 3 heterocycles. The monoisotopic (exact) mass is 320 g/mol. The summed E-state index contributed by atoms with van der Waals surface area (Å²) >= 11 is 0. The summed E-state index contributed by atoms with van der Waals surface area (Å²) < 4.78 is 12.0. The summed E-state index contributed by atoms with van der Waals surface area (Å²) in [5.74, 6) is -0.514. The van der Waals surface area contributed by atoms with E-state index in [0.717, 1.165) is 43.2 Å². The van der Waals surface area contributed by atoms with Crippen LogP contribution >= 0.6 is 0 Å². The molecule has 1 saturated carbocycles. The SMILES string of the molecule is CO[C@H]1OC2(c3ccc(CO)cc3)CC[C@H]3CCCC[C@]31OO2. The van der Waals surface area contributed by atoms with Gasteiger partial charge in [-0.3, -0.25) is 0 Å².